The lowest BCUT2D eigenvalue weighted by Gasteiger charge is -2.25. The maximum absolute atomic E-state index is 12.7. The first kappa shape index (κ1) is 24.1. The minimum Gasteiger partial charge on any atom is -0.459 e. The predicted molar refractivity (Wildman–Crippen MR) is 143 cm³/mol. The van der Waals surface area contributed by atoms with E-state index in [0.717, 1.165) is 11.4 Å². The van der Waals surface area contributed by atoms with E-state index in [0.29, 0.717) is 28.7 Å². The molecule has 0 spiro atoms. The Balaban J connectivity index is 1.43. The van der Waals surface area contributed by atoms with E-state index in [1.165, 1.54) is 6.07 Å². The van der Waals surface area contributed by atoms with Gasteiger partial charge in [-0.1, -0.05) is 36.4 Å². The average Bonchev–Trinajstić information content (AvgIpc) is 3.53. The normalized spacial score (nSPS) is 16.9. The zero-order chi connectivity index (χ0) is 25.8. The lowest BCUT2D eigenvalue weighted by Crippen LogP contribution is -2.32. The van der Waals surface area contributed by atoms with Gasteiger partial charge in [0.1, 0.15) is 17.6 Å². The first-order valence-corrected chi connectivity index (χ1v) is 12.1. The van der Waals surface area contributed by atoms with Crippen molar-refractivity contribution >= 4 is 34.6 Å². The highest BCUT2D eigenvalue weighted by atomic mass is 32.1. The highest BCUT2D eigenvalue weighted by Gasteiger charge is 2.41. The van der Waals surface area contributed by atoms with Crippen LogP contribution in [0, 0.1) is 10.1 Å². The number of benzene rings is 2. The third kappa shape index (κ3) is 5.19. The zero-order valence-electron chi connectivity index (χ0n) is 19.6. The first-order chi connectivity index (χ1) is 18.0. The van der Waals surface area contributed by atoms with Crippen LogP contribution in [0.4, 0.5) is 11.4 Å². The van der Waals surface area contributed by atoms with Crippen molar-refractivity contribution in [3.8, 4) is 11.3 Å². The second-order valence-electron chi connectivity index (χ2n) is 8.46. The van der Waals surface area contributed by atoms with E-state index in [2.05, 4.69) is 15.6 Å². The fourth-order valence-electron chi connectivity index (χ4n) is 4.42. The summed E-state index contributed by atoms with van der Waals surface area (Å²) in [5.41, 5.74) is 1.82. The quantitative estimate of drug-likeness (QED) is 0.187. The van der Waals surface area contributed by atoms with Crippen LogP contribution in [0.3, 0.4) is 0 Å². The number of pyridine rings is 1. The number of rotatable bonds is 8. The van der Waals surface area contributed by atoms with Gasteiger partial charge in [-0.2, -0.15) is 0 Å². The third-order valence-corrected chi connectivity index (χ3v) is 6.47. The number of thiocarbonyl (C=S) groups is 1. The Bertz CT molecular complexity index is 1430. The van der Waals surface area contributed by atoms with Crippen molar-refractivity contribution in [3.63, 3.8) is 0 Å². The van der Waals surface area contributed by atoms with Crippen LogP contribution in [0.1, 0.15) is 30.0 Å². The van der Waals surface area contributed by atoms with E-state index in [9.17, 15) is 14.9 Å². The van der Waals surface area contributed by atoms with Crippen LogP contribution < -0.4 is 10.6 Å². The van der Waals surface area contributed by atoms with E-state index in [4.69, 9.17) is 16.6 Å². The first-order valence-electron chi connectivity index (χ1n) is 11.7. The summed E-state index contributed by atoms with van der Waals surface area (Å²) in [5.74, 6) is 0.787. The van der Waals surface area contributed by atoms with Gasteiger partial charge >= 0.3 is 0 Å². The van der Waals surface area contributed by atoms with E-state index in [1.54, 1.807) is 36.5 Å². The summed E-state index contributed by atoms with van der Waals surface area (Å²) in [6.07, 6.45) is 1.90. The fraction of sp³-hybridized carbons (Fsp3) is 0.148. The van der Waals surface area contributed by atoms with Crippen molar-refractivity contribution in [3.05, 3.63) is 113 Å². The Labute approximate surface area is 218 Å². The maximum atomic E-state index is 12.7. The number of nitrogens with one attached hydrogen (secondary N) is 2. The molecule has 3 heterocycles. The SMILES string of the molecule is O=C(CCN1C(=S)N[C@@H](c2ccccn2)[C@@H]1c1ccc(-c2ccccc2[N+](=O)[O-])o1)Nc1ccccc1. The van der Waals surface area contributed by atoms with Crippen LogP contribution in [0.25, 0.3) is 11.3 Å². The molecule has 0 saturated carbocycles. The fourth-order valence-corrected chi connectivity index (χ4v) is 4.75. The molecular formula is C27H23N5O4S. The van der Waals surface area contributed by atoms with Gasteiger partial charge in [0, 0.05) is 30.9 Å². The number of carbonyl (C=O) groups is 1. The van der Waals surface area contributed by atoms with E-state index in [-0.39, 0.29) is 24.1 Å². The number of hydrogen-bond donors (Lipinski definition) is 2. The number of nitrogens with zero attached hydrogens (tertiary/aromatic N) is 3. The molecule has 1 aliphatic heterocycles. The Hall–Kier alpha value is -4.57. The lowest BCUT2D eigenvalue weighted by molar-refractivity contribution is -0.384. The van der Waals surface area contributed by atoms with Crippen molar-refractivity contribution in [2.75, 3.05) is 11.9 Å². The molecule has 0 unspecified atom stereocenters. The van der Waals surface area contributed by atoms with Gasteiger partial charge in [0.25, 0.3) is 5.69 Å². The molecule has 9 nitrogen and oxygen atoms in total. The van der Waals surface area contributed by atoms with Gasteiger partial charge in [-0.25, -0.2) is 0 Å². The molecule has 1 aliphatic rings. The molecule has 2 aromatic carbocycles. The summed E-state index contributed by atoms with van der Waals surface area (Å²) in [7, 11) is 0. The summed E-state index contributed by atoms with van der Waals surface area (Å²) in [4.78, 5) is 30.2. The molecule has 0 aliphatic carbocycles. The summed E-state index contributed by atoms with van der Waals surface area (Å²) >= 11 is 5.66. The van der Waals surface area contributed by atoms with Crippen molar-refractivity contribution in [2.45, 2.75) is 18.5 Å². The number of aromatic nitrogens is 1. The van der Waals surface area contributed by atoms with Crippen LogP contribution in [-0.4, -0.2) is 32.4 Å². The summed E-state index contributed by atoms with van der Waals surface area (Å²) in [6.45, 7) is 0.333. The number of nitro benzene ring substituents is 1. The molecule has 2 atom stereocenters. The molecule has 1 fully saturated rings. The van der Waals surface area contributed by atoms with Gasteiger partial charge in [0.05, 0.1) is 22.2 Å². The molecule has 10 heteroatoms. The van der Waals surface area contributed by atoms with Crippen molar-refractivity contribution in [1.82, 2.24) is 15.2 Å². The minimum atomic E-state index is -0.432. The molecule has 186 valence electrons. The molecule has 37 heavy (non-hydrogen) atoms. The number of hydrogen-bond acceptors (Lipinski definition) is 6. The molecule has 4 aromatic rings. The second kappa shape index (κ2) is 10.6. The van der Waals surface area contributed by atoms with Gasteiger partial charge in [-0.05, 0) is 54.7 Å². The van der Waals surface area contributed by atoms with E-state index >= 15 is 0 Å². The number of amides is 1. The smallest absolute Gasteiger partial charge is 0.280 e. The van der Waals surface area contributed by atoms with Crippen LogP contribution in [0.5, 0.6) is 0 Å². The predicted octanol–water partition coefficient (Wildman–Crippen LogP) is 5.25. The summed E-state index contributed by atoms with van der Waals surface area (Å²) in [5, 5.41) is 18.2. The Morgan fingerprint density at radius 2 is 1.81 bits per heavy atom. The topological polar surface area (TPSA) is 114 Å². The summed E-state index contributed by atoms with van der Waals surface area (Å²) < 4.78 is 6.20. The van der Waals surface area contributed by atoms with E-state index in [1.807, 2.05) is 53.4 Å². The number of nitro groups is 1. The molecule has 5 rings (SSSR count). The number of furan rings is 1. The van der Waals surface area contributed by atoms with Crippen LogP contribution in [0.15, 0.2) is 95.5 Å². The highest BCUT2D eigenvalue weighted by Crippen LogP contribution is 2.41. The van der Waals surface area contributed by atoms with Gasteiger partial charge in [-0.3, -0.25) is 19.9 Å². The molecule has 1 saturated heterocycles. The van der Waals surface area contributed by atoms with Gasteiger partial charge < -0.3 is 20.0 Å². The molecule has 0 bridgehead atoms. The summed E-state index contributed by atoms with van der Waals surface area (Å²) in [6, 6.07) is 24.1. The second-order valence-corrected chi connectivity index (χ2v) is 8.85. The van der Waals surface area contributed by atoms with Gasteiger partial charge in [-0.15, -0.1) is 0 Å². The standard InChI is InChI=1S/C27H23N5O4S/c33-24(29-18-8-2-1-3-9-18)15-17-31-26(25(30-27(31)37)20-11-6-7-16-28-20)23-14-13-22(36-23)19-10-4-5-12-21(19)32(34)35/h1-14,16,25-26H,15,17H2,(H,29,33)(H,30,37)/t25-,26-/m0/s1. The van der Waals surface area contributed by atoms with Crippen molar-refractivity contribution in [2.24, 2.45) is 0 Å². The highest BCUT2D eigenvalue weighted by molar-refractivity contribution is 7.80. The number of anilines is 1. The van der Waals surface area contributed by atoms with Crippen LogP contribution in [-0.2, 0) is 4.79 Å². The molecule has 2 N–H and O–H groups in total. The Kier molecular flexibility index (Phi) is 6.91. The van der Waals surface area contributed by atoms with Crippen LogP contribution >= 0.6 is 12.2 Å². The Morgan fingerprint density at radius 3 is 2.57 bits per heavy atom. The van der Waals surface area contributed by atoms with Gasteiger partial charge in [0.15, 0.2) is 5.11 Å². The van der Waals surface area contributed by atoms with Crippen molar-refractivity contribution in [1.29, 1.82) is 0 Å². The number of para-hydroxylation sites is 2. The van der Waals surface area contributed by atoms with Crippen LogP contribution in [0.2, 0.25) is 0 Å². The largest absolute Gasteiger partial charge is 0.459 e. The monoisotopic (exact) mass is 513 g/mol. The molecule has 2 aromatic heterocycles. The Morgan fingerprint density at radius 1 is 1.05 bits per heavy atom. The van der Waals surface area contributed by atoms with Crippen molar-refractivity contribution < 1.29 is 14.1 Å². The minimum absolute atomic E-state index is 0.0424. The van der Waals surface area contributed by atoms with E-state index < -0.39 is 11.0 Å². The molecule has 0 radical (unpaired) electrons. The maximum Gasteiger partial charge on any atom is 0.280 e. The zero-order valence-corrected chi connectivity index (χ0v) is 20.4. The average molecular weight is 514 g/mol. The lowest BCUT2D eigenvalue weighted by atomic mass is 10.0. The third-order valence-electron chi connectivity index (χ3n) is 6.12. The molecule has 1 amide bonds. The number of carbonyl (C=O) groups excluding carboxylic acids is 1. The van der Waals surface area contributed by atoms with Gasteiger partial charge in [0.2, 0.25) is 5.91 Å². The molecular weight excluding hydrogens is 490 g/mol.